The van der Waals surface area contributed by atoms with Gasteiger partial charge in [0.25, 0.3) is 5.56 Å². The highest BCUT2D eigenvalue weighted by molar-refractivity contribution is 7.98. The highest BCUT2D eigenvalue weighted by atomic mass is 32.2. The maximum absolute atomic E-state index is 12.5. The van der Waals surface area contributed by atoms with Crippen molar-refractivity contribution in [3.8, 4) is 0 Å². The first-order chi connectivity index (χ1) is 15.7. The van der Waals surface area contributed by atoms with Crippen LogP contribution in [0.4, 0.5) is 5.82 Å². The highest BCUT2D eigenvalue weighted by Gasteiger charge is 2.21. The summed E-state index contributed by atoms with van der Waals surface area (Å²) < 4.78 is 0. The van der Waals surface area contributed by atoms with Crippen molar-refractivity contribution < 1.29 is 4.79 Å². The zero-order valence-electron chi connectivity index (χ0n) is 18.0. The van der Waals surface area contributed by atoms with E-state index in [0.717, 1.165) is 53.9 Å². The predicted octanol–water partition coefficient (Wildman–Crippen LogP) is 3.41. The summed E-state index contributed by atoms with van der Waals surface area (Å²) in [5.41, 5.74) is 2.19. The second-order valence-electron chi connectivity index (χ2n) is 8.35. The predicted molar refractivity (Wildman–Crippen MR) is 131 cm³/mol. The molecule has 4 heterocycles. The molecule has 2 N–H and O–H groups in total. The van der Waals surface area contributed by atoms with Crippen LogP contribution >= 0.6 is 23.1 Å². The van der Waals surface area contributed by atoms with Gasteiger partial charge in [-0.1, -0.05) is 6.07 Å². The zero-order chi connectivity index (χ0) is 21.9. The molecule has 0 saturated carbocycles. The van der Waals surface area contributed by atoms with E-state index >= 15 is 0 Å². The van der Waals surface area contributed by atoms with Crippen LogP contribution in [0.1, 0.15) is 47.5 Å². The van der Waals surface area contributed by atoms with Gasteiger partial charge in [-0.25, -0.2) is 9.97 Å². The van der Waals surface area contributed by atoms with E-state index < -0.39 is 0 Å². The number of aromatic nitrogens is 3. The first-order valence-electron chi connectivity index (χ1n) is 11.2. The van der Waals surface area contributed by atoms with Crippen molar-refractivity contribution in [2.45, 2.75) is 50.8 Å². The number of aryl methyl sites for hydroxylation is 2. The fraction of sp³-hybridized carbons (Fsp3) is 0.478. The van der Waals surface area contributed by atoms with Gasteiger partial charge in [-0.05, 0) is 49.3 Å². The molecule has 9 heteroatoms. The van der Waals surface area contributed by atoms with E-state index in [1.807, 2.05) is 18.3 Å². The lowest BCUT2D eigenvalue weighted by molar-refractivity contribution is -0.120. The molecule has 0 atom stereocenters. The minimum absolute atomic E-state index is 0.0210. The number of nitrogens with one attached hydrogen (secondary N) is 2. The molecular formula is C23H27N5O2S2. The monoisotopic (exact) mass is 469 g/mol. The van der Waals surface area contributed by atoms with Gasteiger partial charge in [-0.15, -0.1) is 11.3 Å². The summed E-state index contributed by atoms with van der Waals surface area (Å²) in [6, 6.07) is 4.07. The summed E-state index contributed by atoms with van der Waals surface area (Å²) in [6.07, 6.45) is 7.93. The summed E-state index contributed by atoms with van der Waals surface area (Å²) in [6.45, 7) is 2.65. The Labute approximate surface area is 195 Å². The number of fused-ring (bicyclic) bond motifs is 3. The van der Waals surface area contributed by atoms with Gasteiger partial charge in [0.15, 0.2) is 0 Å². The van der Waals surface area contributed by atoms with Crippen LogP contribution in [0.15, 0.2) is 23.1 Å². The highest BCUT2D eigenvalue weighted by Crippen LogP contribution is 2.34. The van der Waals surface area contributed by atoms with Gasteiger partial charge in [0.2, 0.25) is 5.91 Å². The van der Waals surface area contributed by atoms with Crippen molar-refractivity contribution >= 4 is 45.0 Å². The van der Waals surface area contributed by atoms with Gasteiger partial charge in [0.05, 0.1) is 11.1 Å². The second kappa shape index (κ2) is 9.62. The molecule has 2 aliphatic rings. The summed E-state index contributed by atoms with van der Waals surface area (Å²) in [5, 5.41) is 3.75. The van der Waals surface area contributed by atoms with E-state index in [1.54, 1.807) is 23.1 Å². The molecule has 0 radical (unpaired) electrons. The SMILES string of the molecule is O=C(CCSCc1nc2sc3c(c2c(=O)[nH]1)CCC3)NCc1ccc(N2CCCC2)nc1. The Bertz CT molecular complexity index is 1170. The molecule has 1 fully saturated rings. The Morgan fingerprint density at radius 1 is 1.22 bits per heavy atom. The lowest BCUT2D eigenvalue weighted by Crippen LogP contribution is -2.23. The van der Waals surface area contributed by atoms with Crippen LogP contribution in [0.3, 0.4) is 0 Å². The van der Waals surface area contributed by atoms with Crippen molar-refractivity contribution in [3.63, 3.8) is 0 Å². The minimum Gasteiger partial charge on any atom is -0.357 e. The van der Waals surface area contributed by atoms with Crippen molar-refractivity contribution in [1.82, 2.24) is 20.3 Å². The molecule has 5 rings (SSSR count). The number of carbonyl (C=O) groups excluding carboxylic acids is 1. The van der Waals surface area contributed by atoms with E-state index in [1.165, 1.54) is 23.3 Å². The first-order valence-corrected chi connectivity index (χ1v) is 13.2. The maximum atomic E-state index is 12.5. The Kier molecular flexibility index (Phi) is 6.45. The number of hydrogen-bond acceptors (Lipinski definition) is 7. The molecule has 1 aliphatic carbocycles. The molecule has 1 amide bonds. The number of H-pyrrole nitrogens is 1. The fourth-order valence-electron chi connectivity index (χ4n) is 4.39. The largest absolute Gasteiger partial charge is 0.357 e. The number of aromatic amines is 1. The number of nitrogens with zero attached hydrogens (tertiary/aromatic N) is 3. The molecule has 0 unspecified atom stereocenters. The van der Waals surface area contributed by atoms with Gasteiger partial charge in [-0.2, -0.15) is 11.8 Å². The maximum Gasteiger partial charge on any atom is 0.259 e. The molecule has 1 saturated heterocycles. The van der Waals surface area contributed by atoms with Gasteiger partial charge in [-0.3, -0.25) is 9.59 Å². The Balaban J connectivity index is 1.06. The van der Waals surface area contributed by atoms with Crippen LogP contribution in [-0.4, -0.2) is 39.7 Å². The van der Waals surface area contributed by atoms with Crippen LogP contribution in [0, 0.1) is 0 Å². The number of carbonyl (C=O) groups is 1. The van der Waals surface area contributed by atoms with E-state index in [9.17, 15) is 9.59 Å². The third-order valence-electron chi connectivity index (χ3n) is 6.07. The molecule has 168 valence electrons. The zero-order valence-corrected chi connectivity index (χ0v) is 19.6. The Morgan fingerprint density at radius 3 is 2.91 bits per heavy atom. The van der Waals surface area contributed by atoms with Crippen molar-refractivity contribution in [1.29, 1.82) is 0 Å². The van der Waals surface area contributed by atoms with Crippen LogP contribution in [-0.2, 0) is 29.9 Å². The average molecular weight is 470 g/mol. The number of thioether (sulfide) groups is 1. The third-order valence-corrected chi connectivity index (χ3v) is 8.22. The smallest absolute Gasteiger partial charge is 0.259 e. The van der Waals surface area contributed by atoms with E-state index in [-0.39, 0.29) is 11.5 Å². The van der Waals surface area contributed by atoms with Crippen LogP contribution in [0.25, 0.3) is 10.2 Å². The Hall–Kier alpha value is -2.39. The van der Waals surface area contributed by atoms with Gasteiger partial charge in [0, 0.05) is 42.9 Å². The van der Waals surface area contributed by atoms with Gasteiger partial charge >= 0.3 is 0 Å². The third kappa shape index (κ3) is 4.68. The molecule has 0 bridgehead atoms. The van der Waals surface area contributed by atoms with Crippen LogP contribution < -0.4 is 15.8 Å². The number of pyridine rings is 1. The van der Waals surface area contributed by atoms with Gasteiger partial charge in [0.1, 0.15) is 16.5 Å². The van der Waals surface area contributed by atoms with E-state index in [4.69, 9.17) is 0 Å². The quantitative estimate of drug-likeness (QED) is 0.492. The average Bonchev–Trinajstić information content (AvgIpc) is 3.53. The number of thiophene rings is 1. The number of anilines is 1. The molecule has 7 nitrogen and oxygen atoms in total. The van der Waals surface area contributed by atoms with E-state index in [0.29, 0.717) is 30.3 Å². The lowest BCUT2D eigenvalue weighted by Gasteiger charge is -2.16. The Morgan fingerprint density at radius 2 is 2.09 bits per heavy atom. The van der Waals surface area contributed by atoms with Crippen molar-refractivity contribution in [3.05, 3.63) is 50.5 Å². The van der Waals surface area contributed by atoms with Crippen molar-refractivity contribution in [2.75, 3.05) is 23.7 Å². The molecule has 3 aromatic heterocycles. The molecule has 1 aliphatic heterocycles. The van der Waals surface area contributed by atoms with Crippen LogP contribution in [0.2, 0.25) is 0 Å². The number of rotatable bonds is 8. The fourth-order valence-corrected chi connectivity index (χ4v) is 6.48. The molecule has 32 heavy (non-hydrogen) atoms. The summed E-state index contributed by atoms with van der Waals surface area (Å²) >= 11 is 3.27. The van der Waals surface area contributed by atoms with Crippen LogP contribution in [0.5, 0.6) is 0 Å². The van der Waals surface area contributed by atoms with Crippen molar-refractivity contribution in [2.24, 2.45) is 0 Å². The second-order valence-corrected chi connectivity index (χ2v) is 10.5. The molecule has 0 aromatic carbocycles. The normalized spacial score (nSPS) is 15.4. The molecule has 3 aromatic rings. The summed E-state index contributed by atoms with van der Waals surface area (Å²) in [4.78, 5) is 41.3. The summed E-state index contributed by atoms with van der Waals surface area (Å²) in [7, 11) is 0. The standard InChI is InChI=1S/C23H27N5O2S2/c29-20(25-13-15-6-7-19(24-12-15)28-9-1-2-10-28)8-11-31-14-18-26-22(30)21-16-4-3-5-17(16)32-23(21)27-18/h6-7,12H,1-5,8-11,13-14H2,(H,25,29)(H,26,27,30). The summed E-state index contributed by atoms with van der Waals surface area (Å²) in [5.74, 6) is 3.01. The van der Waals surface area contributed by atoms with Gasteiger partial charge < -0.3 is 15.2 Å². The minimum atomic E-state index is -0.0212. The topological polar surface area (TPSA) is 91.0 Å². The molecule has 0 spiro atoms. The number of amides is 1. The number of hydrogen-bond donors (Lipinski definition) is 2. The molecular weight excluding hydrogens is 442 g/mol. The first kappa shape index (κ1) is 21.5. The lowest BCUT2D eigenvalue weighted by atomic mass is 10.2. The van der Waals surface area contributed by atoms with E-state index in [2.05, 4.69) is 25.2 Å².